The van der Waals surface area contributed by atoms with E-state index in [4.69, 9.17) is 0 Å². The Morgan fingerprint density at radius 3 is 3.00 bits per heavy atom. The molecule has 18 heavy (non-hydrogen) atoms. The van der Waals surface area contributed by atoms with E-state index >= 15 is 0 Å². The van der Waals surface area contributed by atoms with Crippen LogP contribution in [-0.2, 0) is 11.3 Å². The average molecular weight is 246 g/mol. The molecule has 0 saturated carbocycles. The molecule has 1 N–H and O–H groups in total. The molecule has 0 bridgehead atoms. The van der Waals surface area contributed by atoms with Crippen LogP contribution in [0.5, 0.6) is 0 Å². The van der Waals surface area contributed by atoms with Crippen LogP contribution < -0.4 is 5.32 Å². The molecule has 2 heterocycles. The van der Waals surface area contributed by atoms with Crippen molar-refractivity contribution < 1.29 is 9.53 Å². The first-order valence-corrected chi connectivity index (χ1v) is 5.56. The number of hydrogen-bond acceptors (Lipinski definition) is 5. The highest BCUT2D eigenvalue weighted by atomic mass is 16.5. The van der Waals surface area contributed by atoms with Gasteiger partial charge in [0.1, 0.15) is 5.69 Å². The number of hydrogen-bond donors (Lipinski definition) is 1. The number of ether oxygens (including phenoxy) is 1. The van der Waals surface area contributed by atoms with E-state index in [0.717, 1.165) is 17.9 Å². The second-order valence-electron chi connectivity index (χ2n) is 3.63. The monoisotopic (exact) mass is 246 g/mol. The Hall–Kier alpha value is -2.37. The third kappa shape index (κ3) is 2.65. The maximum atomic E-state index is 11.3. The number of nitrogens with zero attached hydrogens (tertiary/aromatic N) is 3. The highest BCUT2D eigenvalue weighted by Crippen LogP contribution is 2.16. The van der Waals surface area contributed by atoms with E-state index < -0.39 is 5.97 Å². The maximum Gasteiger partial charge on any atom is 0.356 e. The van der Waals surface area contributed by atoms with E-state index in [9.17, 15) is 4.79 Å². The molecule has 2 rings (SSSR count). The number of methoxy groups -OCH3 is 1. The van der Waals surface area contributed by atoms with E-state index in [1.54, 1.807) is 24.5 Å². The van der Waals surface area contributed by atoms with Gasteiger partial charge in [0, 0.05) is 24.6 Å². The summed E-state index contributed by atoms with van der Waals surface area (Å²) in [5.74, 6) is -0.456. The van der Waals surface area contributed by atoms with Gasteiger partial charge in [0.2, 0.25) is 0 Å². The molecular weight excluding hydrogens is 232 g/mol. The predicted molar refractivity (Wildman–Crippen MR) is 66.8 cm³/mol. The van der Waals surface area contributed by atoms with E-state index in [1.807, 2.05) is 17.8 Å². The zero-order chi connectivity index (χ0) is 13.0. The molecule has 0 atom stereocenters. The molecular formula is C12H14N4O2. The van der Waals surface area contributed by atoms with Gasteiger partial charge in [0.25, 0.3) is 0 Å². The standard InChI is InChI=1S/C12H14N4O2/c1-3-16-8-10(7-14-16)15-9-4-5-13-11(6-9)12(17)18-2/h4-8H,3H2,1-2H3,(H,13,15). The molecule has 0 aromatic carbocycles. The van der Waals surface area contributed by atoms with Crippen LogP contribution in [-0.4, -0.2) is 27.8 Å². The van der Waals surface area contributed by atoms with E-state index in [1.165, 1.54) is 7.11 Å². The number of carbonyl (C=O) groups is 1. The van der Waals surface area contributed by atoms with Gasteiger partial charge in [-0.15, -0.1) is 0 Å². The van der Waals surface area contributed by atoms with Crippen LogP contribution in [0.2, 0.25) is 0 Å². The number of nitrogens with one attached hydrogen (secondary N) is 1. The van der Waals surface area contributed by atoms with E-state index in [-0.39, 0.29) is 5.69 Å². The summed E-state index contributed by atoms with van der Waals surface area (Å²) >= 11 is 0. The minimum atomic E-state index is -0.456. The fourth-order valence-electron chi connectivity index (χ4n) is 1.49. The van der Waals surface area contributed by atoms with Gasteiger partial charge >= 0.3 is 5.97 Å². The van der Waals surface area contributed by atoms with Crippen molar-refractivity contribution in [3.8, 4) is 0 Å². The van der Waals surface area contributed by atoms with Crippen molar-refractivity contribution in [2.75, 3.05) is 12.4 Å². The molecule has 2 aromatic rings. The first-order chi connectivity index (χ1) is 8.72. The van der Waals surface area contributed by atoms with Gasteiger partial charge in [-0.05, 0) is 19.1 Å². The Labute approximate surface area is 105 Å². The highest BCUT2D eigenvalue weighted by Gasteiger charge is 2.07. The van der Waals surface area contributed by atoms with E-state index in [2.05, 4.69) is 20.1 Å². The third-order valence-electron chi connectivity index (χ3n) is 2.40. The second kappa shape index (κ2) is 5.31. The molecule has 0 radical (unpaired) electrons. The van der Waals surface area contributed by atoms with Crippen LogP contribution in [0.15, 0.2) is 30.7 Å². The second-order valence-corrected chi connectivity index (χ2v) is 3.63. The summed E-state index contributed by atoms with van der Waals surface area (Å²) in [6, 6.07) is 3.41. The summed E-state index contributed by atoms with van der Waals surface area (Å²) in [6.45, 7) is 2.82. The third-order valence-corrected chi connectivity index (χ3v) is 2.40. The summed E-state index contributed by atoms with van der Waals surface area (Å²) in [4.78, 5) is 15.3. The zero-order valence-corrected chi connectivity index (χ0v) is 10.3. The molecule has 0 aliphatic rings. The number of carbonyl (C=O) groups excluding carboxylic acids is 1. The van der Waals surface area contributed by atoms with Crippen molar-refractivity contribution >= 4 is 17.3 Å². The largest absolute Gasteiger partial charge is 0.464 e. The summed E-state index contributed by atoms with van der Waals surface area (Å²) in [6.07, 6.45) is 5.17. The van der Waals surface area contributed by atoms with E-state index in [0.29, 0.717) is 0 Å². The average Bonchev–Trinajstić information content (AvgIpc) is 2.86. The molecule has 0 aliphatic heterocycles. The lowest BCUT2D eigenvalue weighted by atomic mass is 10.3. The molecule has 6 heteroatoms. The SMILES string of the molecule is CCn1cc(Nc2ccnc(C(=O)OC)c2)cn1. The van der Waals surface area contributed by atoms with Gasteiger partial charge in [0.15, 0.2) is 0 Å². The fourth-order valence-corrected chi connectivity index (χ4v) is 1.49. The molecule has 0 fully saturated rings. The molecule has 0 aliphatic carbocycles. The molecule has 6 nitrogen and oxygen atoms in total. The number of rotatable bonds is 4. The Balaban J connectivity index is 2.16. The lowest BCUT2D eigenvalue weighted by Crippen LogP contribution is -2.04. The van der Waals surface area contributed by atoms with Gasteiger partial charge < -0.3 is 10.1 Å². The molecule has 2 aromatic heterocycles. The number of aryl methyl sites for hydroxylation is 1. The van der Waals surface area contributed by atoms with Crippen LogP contribution in [0.3, 0.4) is 0 Å². The quantitative estimate of drug-likeness (QED) is 0.833. The van der Waals surface area contributed by atoms with Crippen molar-refractivity contribution in [3.63, 3.8) is 0 Å². The fraction of sp³-hybridized carbons (Fsp3) is 0.250. The van der Waals surface area contributed by atoms with Gasteiger partial charge in [0.05, 0.1) is 19.0 Å². The lowest BCUT2D eigenvalue weighted by Gasteiger charge is -2.04. The number of anilines is 2. The van der Waals surface area contributed by atoms with Crippen molar-refractivity contribution in [1.82, 2.24) is 14.8 Å². The summed E-state index contributed by atoms with van der Waals surface area (Å²) in [7, 11) is 1.33. The molecule has 0 saturated heterocycles. The van der Waals surface area contributed by atoms with Gasteiger partial charge in [-0.25, -0.2) is 9.78 Å². The van der Waals surface area contributed by atoms with Crippen LogP contribution in [0, 0.1) is 0 Å². The van der Waals surface area contributed by atoms with Gasteiger partial charge in [-0.1, -0.05) is 0 Å². The highest BCUT2D eigenvalue weighted by molar-refractivity contribution is 5.88. The smallest absolute Gasteiger partial charge is 0.356 e. The maximum absolute atomic E-state index is 11.3. The Kier molecular flexibility index (Phi) is 3.57. The molecule has 0 unspecified atom stereocenters. The lowest BCUT2D eigenvalue weighted by molar-refractivity contribution is 0.0594. The predicted octanol–water partition coefficient (Wildman–Crippen LogP) is 1.83. The van der Waals surface area contributed by atoms with Crippen LogP contribution in [0.4, 0.5) is 11.4 Å². The summed E-state index contributed by atoms with van der Waals surface area (Å²) in [5, 5.41) is 7.30. The van der Waals surface area contributed by atoms with Crippen LogP contribution in [0.1, 0.15) is 17.4 Å². The van der Waals surface area contributed by atoms with Crippen LogP contribution in [0.25, 0.3) is 0 Å². The first-order valence-electron chi connectivity index (χ1n) is 5.56. The summed E-state index contributed by atoms with van der Waals surface area (Å²) < 4.78 is 6.43. The topological polar surface area (TPSA) is 69.0 Å². The van der Waals surface area contributed by atoms with Crippen LogP contribution >= 0.6 is 0 Å². The number of aromatic nitrogens is 3. The zero-order valence-electron chi connectivity index (χ0n) is 10.3. The van der Waals surface area contributed by atoms with Crippen molar-refractivity contribution in [2.45, 2.75) is 13.5 Å². The van der Waals surface area contributed by atoms with Gasteiger partial charge in [-0.3, -0.25) is 4.68 Å². The molecule has 0 spiro atoms. The normalized spacial score (nSPS) is 10.1. The summed E-state index contributed by atoms with van der Waals surface area (Å²) in [5.41, 5.74) is 1.89. The number of pyridine rings is 1. The molecule has 94 valence electrons. The minimum absolute atomic E-state index is 0.269. The van der Waals surface area contributed by atoms with Crippen molar-refractivity contribution in [2.24, 2.45) is 0 Å². The number of esters is 1. The molecule has 0 amide bonds. The van der Waals surface area contributed by atoms with Crippen molar-refractivity contribution in [1.29, 1.82) is 0 Å². The Morgan fingerprint density at radius 2 is 2.33 bits per heavy atom. The minimum Gasteiger partial charge on any atom is -0.464 e. The van der Waals surface area contributed by atoms with Crippen molar-refractivity contribution in [3.05, 3.63) is 36.4 Å². The first kappa shape index (κ1) is 12.1. The Morgan fingerprint density at radius 1 is 1.50 bits per heavy atom. The van der Waals surface area contributed by atoms with Gasteiger partial charge in [-0.2, -0.15) is 5.10 Å². The Bertz CT molecular complexity index is 551.